The van der Waals surface area contributed by atoms with Gasteiger partial charge in [-0.25, -0.2) is 27.9 Å². The van der Waals surface area contributed by atoms with E-state index in [2.05, 4.69) is 20.4 Å². The standard InChI is InChI=1S/C17H19FN6O3S/c1-17(2,25)10-24-9-11(7-21-24)15-14(18)8-20-16(23-15)22-12-3-5-13(6-4-12)28(19,26)27/h3-9,25H,10H2,1-2H3,(H2,19,26,27)(H,20,22,23). The molecule has 9 nitrogen and oxygen atoms in total. The fourth-order valence-electron chi connectivity index (χ4n) is 2.46. The van der Waals surface area contributed by atoms with Gasteiger partial charge in [0.15, 0.2) is 5.82 Å². The van der Waals surface area contributed by atoms with Crippen molar-refractivity contribution >= 4 is 21.7 Å². The molecule has 0 unspecified atom stereocenters. The van der Waals surface area contributed by atoms with Crippen LogP contribution in [-0.4, -0.2) is 38.9 Å². The van der Waals surface area contributed by atoms with Gasteiger partial charge in [-0.1, -0.05) is 0 Å². The van der Waals surface area contributed by atoms with Crippen LogP contribution in [0.1, 0.15) is 13.8 Å². The van der Waals surface area contributed by atoms with Crippen molar-refractivity contribution < 1.29 is 17.9 Å². The molecule has 0 radical (unpaired) electrons. The van der Waals surface area contributed by atoms with Gasteiger partial charge in [0, 0.05) is 17.4 Å². The summed E-state index contributed by atoms with van der Waals surface area (Å²) in [7, 11) is -3.79. The molecule has 0 spiro atoms. The SMILES string of the molecule is CC(C)(O)Cn1cc(-c2nc(Nc3ccc(S(N)(=O)=O)cc3)ncc2F)cn1. The van der Waals surface area contributed by atoms with Crippen LogP contribution in [0.5, 0.6) is 0 Å². The topological polar surface area (TPSA) is 136 Å². The summed E-state index contributed by atoms with van der Waals surface area (Å²) in [5.41, 5.74) is 0.00347. The van der Waals surface area contributed by atoms with Crippen molar-refractivity contribution in [1.82, 2.24) is 19.7 Å². The normalized spacial score (nSPS) is 12.2. The number of nitrogens with two attached hydrogens (primary N) is 1. The van der Waals surface area contributed by atoms with Crippen LogP contribution < -0.4 is 10.5 Å². The van der Waals surface area contributed by atoms with Crippen LogP contribution in [0, 0.1) is 5.82 Å². The Morgan fingerprint density at radius 1 is 1.25 bits per heavy atom. The molecule has 0 fully saturated rings. The van der Waals surface area contributed by atoms with Crippen LogP contribution in [0.4, 0.5) is 16.0 Å². The number of sulfonamides is 1. The number of halogens is 1. The number of aromatic nitrogens is 4. The van der Waals surface area contributed by atoms with Crippen molar-refractivity contribution in [2.45, 2.75) is 30.9 Å². The van der Waals surface area contributed by atoms with Gasteiger partial charge in [0.05, 0.1) is 29.4 Å². The van der Waals surface area contributed by atoms with E-state index in [9.17, 15) is 17.9 Å². The minimum Gasteiger partial charge on any atom is -0.389 e. The summed E-state index contributed by atoms with van der Waals surface area (Å²) in [6.45, 7) is 3.52. The maximum Gasteiger partial charge on any atom is 0.238 e. The summed E-state index contributed by atoms with van der Waals surface area (Å²) in [4.78, 5) is 8.02. The average molecular weight is 406 g/mol. The van der Waals surface area contributed by atoms with Crippen molar-refractivity contribution in [3.05, 3.63) is 48.7 Å². The second-order valence-electron chi connectivity index (χ2n) is 6.82. The molecule has 1 aromatic carbocycles. The molecule has 0 aliphatic carbocycles. The highest BCUT2D eigenvalue weighted by molar-refractivity contribution is 7.89. The second-order valence-corrected chi connectivity index (χ2v) is 8.38. The number of hydrogen-bond donors (Lipinski definition) is 3. The zero-order chi connectivity index (χ0) is 20.5. The first-order chi connectivity index (χ1) is 13.0. The lowest BCUT2D eigenvalue weighted by molar-refractivity contribution is 0.0577. The molecule has 4 N–H and O–H groups in total. The quantitative estimate of drug-likeness (QED) is 0.566. The summed E-state index contributed by atoms with van der Waals surface area (Å²) >= 11 is 0. The summed E-state index contributed by atoms with van der Waals surface area (Å²) in [5.74, 6) is -0.507. The molecule has 0 aliphatic rings. The first-order valence-corrected chi connectivity index (χ1v) is 9.73. The van der Waals surface area contributed by atoms with E-state index in [1.54, 1.807) is 20.0 Å². The highest BCUT2D eigenvalue weighted by Crippen LogP contribution is 2.23. The Kier molecular flexibility index (Phi) is 5.15. The Morgan fingerprint density at radius 2 is 1.93 bits per heavy atom. The number of anilines is 2. The number of nitrogens with one attached hydrogen (secondary N) is 1. The van der Waals surface area contributed by atoms with Crippen LogP contribution in [0.3, 0.4) is 0 Å². The van der Waals surface area contributed by atoms with Gasteiger partial charge in [0.1, 0.15) is 5.69 Å². The van der Waals surface area contributed by atoms with E-state index in [1.807, 2.05) is 0 Å². The average Bonchev–Trinajstić information content (AvgIpc) is 3.02. The van der Waals surface area contributed by atoms with E-state index in [-0.39, 0.29) is 23.1 Å². The van der Waals surface area contributed by atoms with Crippen molar-refractivity contribution in [1.29, 1.82) is 0 Å². The lowest BCUT2D eigenvalue weighted by Gasteiger charge is -2.16. The molecule has 0 atom stereocenters. The van der Waals surface area contributed by atoms with Gasteiger partial charge in [0.2, 0.25) is 16.0 Å². The molecular weight excluding hydrogens is 387 g/mol. The van der Waals surface area contributed by atoms with Crippen molar-refractivity contribution in [2.24, 2.45) is 5.14 Å². The lowest BCUT2D eigenvalue weighted by atomic mass is 10.1. The molecule has 2 aromatic heterocycles. The van der Waals surface area contributed by atoms with Crippen LogP contribution in [0.15, 0.2) is 47.8 Å². The van der Waals surface area contributed by atoms with Crippen LogP contribution in [-0.2, 0) is 16.6 Å². The van der Waals surface area contributed by atoms with Gasteiger partial charge in [-0.15, -0.1) is 0 Å². The fourth-order valence-corrected chi connectivity index (χ4v) is 2.97. The van der Waals surface area contributed by atoms with E-state index < -0.39 is 21.4 Å². The highest BCUT2D eigenvalue weighted by Gasteiger charge is 2.17. The molecular formula is C17H19FN6O3S. The third-order valence-corrected chi connectivity index (χ3v) is 4.57. The molecule has 11 heteroatoms. The van der Waals surface area contributed by atoms with Crippen molar-refractivity contribution in [3.8, 4) is 11.3 Å². The number of hydrogen-bond acceptors (Lipinski definition) is 7. The van der Waals surface area contributed by atoms with E-state index in [0.29, 0.717) is 11.3 Å². The van der Waals surface area contributed by atoms with Gasteiger partial charge in [-0.3, -0.25) is 4.68 Å². The summed E-state index contributed by atoms with van der Waals surface area (Å²) in [6, 6.07) is 5.66. The molecule has 2 heterocycles. The molecule has 0 saturated carbocycles. The fraction of sp³-hybridized carbons (Fsp3) is 0.235. The molecule has 0 saturated heterocycles. The van der Waals surface area contributed by atoms with Crippen LogP contribution in [0.2, 0.25) is 0 Å². The molecule has 0 aliphatic heterocycles. The molecule has 0 bridgehead atoms. The predicted octanol–water partition coefficient (Wildman–Crippen LogP) is 1.64. The van der Waals surface area contributed by atoms with E-state index in [4.69, 9.17) is 5.14 Å². The molecule has 3 rings (SSSR count). The van der Waals surface area contributed by atoms with E-state index in [0.717, 1.165) is 6.20 Å². The maximum absolute atomic E-state index is 14.2. The van der Waals surface area contributed by atoms with Gasteiger partial charge < -0.3 is 10.4 Å². The Bertz CT molecular complexity index is 1090. The zero-order valence-corrected chi connectivity index (χ0v) is 16.0. The van der Waals surface area contributed by atoms with Gasteiger partial charge >= 0.3 is 0 Å². The van der Waals surface area contributed by atoms with Crippen LogP contribution >= 0.6 is 0 Å². The Morgan fingerprint density at radius 3 is 2.54 bits per heavy atom. The third-order valence-electron chi connectivity index (χ3n) is 3.64. The smallest absolute Gasteiger partial charge is 0.238 e. The number of nitrogens with zero attached hydrogens (tertiary/aromatic N) is 4. The van der Waals surface area contributed by atoms with Gasteiger partial charge in [0.25, 0.3) is 0 Å². The first-order valence-electron chi connectivity index (χ1n) is 8.19. The third kappa shape index (κ3) is 4.88. The number of benzene rings is 1. The van der Waals surface area contributed by atoms with Crippen molar-refractivity contribution in [3.63, 3.8) is 0 Å². The summed E-state index contributed by atoms with van der Waals surface area (Å²) < 4.78 is 38.3. The number of aliphatic hydroxyl groups is 1. The number of primary sulfonamides is 1. The summed E-state index contributed by atoms with van der Waals surface area (Å²) in [6.07, 6.45) is 4.05. The first kappa shape index (κ1) is 19.9. The highest BCUT2D eigenvalue weighted by atomic mass is 32.2. The Labute approximate surface area is 161 Å². The maximum atomic E-state index is 14.2. The van der Waals surface area contributed by atoms with Gasteiger partial charge in [-0.2, -0.15) is 5.10 Å². The molecule has 28 heavy (non-hydrogen) atoms. The van der Waals surface area contributed by atoms with E-state index >= 15 is 0 Å². The van der Waals surface area contributed by atoms with Crippen LogP contribution in [0.25, 0.3) is 11.3 Å². The molecule has 0 amide bonds. The zero-order valence-electron chi connectivity index (χ0n) is 15.2. The van der Waals surface area contributed by atoms with Crippen molar-refractivity contribution in [2.75, 3.05) is 5.32 Å². The van der Waals surface area contributed by atoms with E-state index in [1.165, 1.54) is 35.1 Å². The minimum absolute atomic E-state index is 0.0296. The Hall–Kier alpha value is -2.89. The lowest BCUT2D eigenvalue weighted by Crippen LogP contribution is -2.26. The second kappa shape index (κ2) is 7.26. The summed E-state index contributed by atoms with van der Waals surface area (Å²) in [5, 5.41) is 21.9. The Balaban J connectivity index is 1.84. The molecule has 148 valence electrons. The predicted molar refractivity (Wildman–Crippen MR) is 101 cm³/mol. The number of rotatable bonds is 6. The van der Waals surface area contributed by atoms with Gasteiger partial charge in [-0.05, 0) is 38.1 Å². The monoisotopic (exact) mass is 406 g/mol. The largest absolute Gasteiger partial charge is 0.389 e. The minimum atomic E-state index is -3.79. The molecule has 3 aromatic rings.